The summed E-state index contributed by atoms with van der Waals surface area (Å²) in [6.07, 6.45) is 1.09. The van der Waals surface area contributed by atoms with Gasteiger partial charge in [0.05, 0.1) is 13.2 Å². The Kier molecular flexibility index (Phi) is 4.11. The highest BCUT2D eigenvalue weighted by Crippen LogP contribution is 2.37. The van der Waals surface area contributed by atoms with Crippen LogP contribution in [0, 0.1) is 0 Å². The first-order valence-electron chi connectivity index (χ1n) is 7.48. The smallest absolute Gasteiger partial charge is 0.165 e. The van der Waals surface area contributed by atoms with E-state index in [-0.39, 0.29) is 0 Å². The highest BCUT2D eigenvalue weighted by atomic mass is 16.5. The summed E-state index contributed by atoms with van der Waals surface area (Å²) < 4.78 is 11.7. The van der Waals surface area contributed by atoms with Crippen molar-refractivity contribution in [3.05, 3.63) is 59.2 Å². The molecule has 3 heteroatoms. The van der Waals surface area contributed by atoms with Crippen LogP contribution in [-0.2, 0) is 13.0 Å². The van der Waals surface area contributed by atoms with Crippen molar-refractivity contribution in [2.24, 2.45) is 5.73 Å². The molecular weight excluding hydrogens is 262 g/mol. The van der Waals surface area contributed by atoms with E-state index in [1.807, 2.05) is 25.1 Å². The van der Waals surface area contributed by atoms with Crippen LogP contribution in [0.1, 0.15) is 29.5 Å². The van der Waals surface area contributed by atoms with Crippen LogP contribution in [0.2, 0.25) is 0 Å². The van der Waals surface area contributed by atoms with Gasteiger partial charge < -0.3 is 15.2 Å². The van der Waals surface area contributed by atoms with Crippen molar-refractivity contribution in [1.82, 2.24) is 0 Å². The molecule has 0 aliphatic heterocycles. The second-order valence-electron chi connectivity index (χ2n) is 5.29. The average Bonchev–Trinajstić information content (AvgIpc) is 2.49. The molecule has 110 valence electrons. The summed E-state index contributed by atoms with van der Waals surface area (Å²) in [5.41, 5.74) is 9.64. The van der Waals surface area contributed by atoms with Crippen molar-refractivity contribution >= 4 is 0 Å². The van der Waals surface area contributed by atoms with Crippen molar-refractivity contribution in [1.29, 1.82) is 0 Å². The Labute approximate surface area is 125 Å². The van der Waals surface area contributed by atoms with Gasteiger partial charge in [-0.2, -0.15) is 0 Å². The lowest BCUT2D eigenvalue weighted by Gasteiger charge is -2.30. The third-order valence-electron chi connectivity index (χ3n) is 3.97. The number of hydrogen-bond donors (Lipinski definition) is 1. The van der Waals surface area contributed by atoms with Crippen molar-refractivity contribution < 1.29 is 9.47 Å². The van der Waals surface area contributed by atoms with E-state index in [0.717, 1.165) is 23.5 Å². The van der Waals surface area contributed by atoms with E-state index in [1.54, 1.807) is 0 Å². The van der Waals surface area contributed by atoms with Gasteiger partial charge in [-0.05, 0) is 30.5 Å². The van der Waals surface area contributed by atoms with E-state index in [0.29, 0.717) is 25.7 Å². The molecule has 2 aromatic rings. The van der Waals surface area contributed by atoms with Gasteiger partial charge in [0.1, 0.15) is 0 Å². The number of rotatable bonds is 6. The largest absolute Gasteiger partial charge is 0.490 e. The van der Waals surface area contributed by atoms with Crippen LogP contribution in [-0.4, -0.2) is 13.2 Å². The minimum absolute atomic E-state index is 0.456. The van der Waals surface area contributed by atoms with Gasteiger partial charge in [0.15, 0.2) is 11.5 Å². The van der Waals surface area contributed by atoms with E-state index in [4.69, 9.17) is 15.2 Å². The van der Waals surface area contributed by atoms with Crippen molar-refractivity contribution in [3.8, 4) is 11.5 Å². The molecule has 21 heavy (non-hydrogen) atoms. The van der Waals surface area contributed by atoms with E-state index in [1.165, 1.54) is 11.1 Å². The minimum Gasteiger partial charge on any atom is -0.490 e. The van der Waals surface area contributed by atoms with Crippen LogP contribution in [0.4, 0.5) is 0 Å². The minimum atomic E-state index is 0.456. The Morgan fingerprint density at radius 2 is 1.95 bits per heavy atom. The average molecular weight is 283 g/mol. The number of benzene rings is 2. The first-order valence-corrected chi connectivity index (χ1v) is 7.48. The van der Waals surface area contributed by atoms with E-state index in [9.17, 15) is 0 Å². The normalized spacial score (nSPS) is 16.0. The molecular formula is C18H21NO2. The summed E-state index contributed by atoms with van der Waals surface area (Å²) in [7, 11) is 0. The Morgan fingerprint density at radius 3 is 2.71 bits per heavy atom. The number of ether oxygens (including phenoxy) is 2. The molecule has 0 fully saturated rings. The van der Waals surface area contributed by atoms with E-state index in [2.05, 4.69) is 24.3 Å². The molecule has 2 N–H and O–H groups in total. The van der Waals surface area contributed by atoms with Crippen molar-refractivity contribution in [3.63, 3.8) is 0 Å². The van der Waals surface area contributed by atoms with Gasteiger partial charge in [0.25, 0.3) is 0 Å². The standard InChI is InChI=1S/C18H21NO2/c1-2-20-17-9-5-7-14(11-19)18(17)21-12-15-10-13-6-3-4-8-16(13)15/h3-9,15H,2,10-12,19H2,1H3. The zero-order valence-electron chi connectivity index (χ0n) is 12.3. The Bertz CT molecular complexity index is 624. The van der Waals surface area contributed by atoms with Gasteiger partial charge in [-0.1, -0.05) is 36.4 Å². The molecule has 1 aliphatic carbocycles. The summed E-state index contributed by atoms with van der Waals surface area (Å²) in [5, 5.41) is 0. The first-order chi connectivity index (χ1) is 10.3. The zero-order chi connectivity index (χ0) is 14.7. The molecule has 0 radical (unpaired) electrons. The summed E-state index contributed by atoms with van der Waals surface area (Å²) in [6, 6.07) is 14.4. The van der Waals surface area contributed by atoms with E-state index >= 15 is 0 Å². The number of nitrogens with two attached hydrogens (primary N) is 1. The Balaban J connectivity index is 1.73. The fourth-order valence-corrected chi connectivity index (χ4v) is 2.85. The highest BCUT2D eigenvalue weighted by molar-refractivity contribution is 5.47. The summed E-state index contributed by atoms with van der Waals surface area (Å²) in [4.78, 5) is 0. The summed E-state index contributed by atoms with van der Waals surface area (Å²) in [6.45, 7) is 3.73. The maximum atomic E-state index is 6.07. The van der Waals surface area contributed by atoms with Gasteiger partial charge >= 0.3 is 0 Å². The topological polar surface area (TPSA) is 44.5 Å². The molecule has 0 bridgehead atoms. The highest BCUT2D eigenvalue weighted by Gasteiger charge is 2.26. The summed E-state index contributed by atoms with van der Waals surface area (Å²) in [5.74, 6) is 2.06. The molecule has 0 aromatic heterocycles. The predicted molar refractivity (Wildman–Crippen MR) is 83.9 cm³/mol. The van der Waals surface area contributed by atoms with Crippen LogP contribution in [0.3, 0.4) is 0 Å². The zero-order valence-corrected chi connectivity index (χ0v) is 12.3. The van der Waals surface area contributed by atoms with Crippen LogP contribution in [0.5, 0.6) is 11.5 Å². The molecule has 0 saturated carbocycles. The molecule has 1 aliphatic rings. The van der Waals surface area contributed by atoms with Crippen molar-refractivity contribution in [2.75, 3.05) is 13.2 Å². The van der Waals surface area contributed by atoms with Gasteiger partial charge in [-0.25, -0.2) is 0 Å². The van der Waals surface area contributed by atoms with Gasteiger partial charge in [0, 0.05) is 18.0 Å². The van der Waals surface area contributed by atoms with Crippen LogP contribution < -0.4 is 15.2 Å². The van der Waals surface area contributed by atoms with Crippen LogP contribution >= 0.6 is 0 Å². The second-order valence-corrected chi connectivity index (χ2v) is 5.29. The third-order valence-corrected chi connectivity index (χ3v) is 3.97. The molecule has 3 nitrogen and oxygen atoms in total. The Morgan fingerprint density at radius 1 is 1.10 bits per heavy atom. The van der Waals surface area contributed by atoms with Gasteiger partial charge in [-0.3, -0.25) is 0 Å². The lowest BCUT2D eigenvalue weighted by atomic mass is 9.78. The molecule has 1 unspecified atom stereocenters. The summed E-state index contributed by atoms with van der Waals surface area (Å²) >= 11 is 0. The van der Waals surface area contributed by atoms with Crippen LogP contribution in [0.15, 0.2) is 42.5 Å². The Hall–Kier alpha value is -2.00. The number of hydrogen-bond acceptors (Lipinski definition) is 3. The van der Waals surface area contributed by atoms with E-state index < -0.39 is 0 Å². The molecule has 0 amide bonds. The van der Waals surface area contributed by atoms with Crippen molar-refractivity contribution in [2.45, 2.75) is 25.8 Å². The molecule has 0 saturated heterocycles. The molecule has 2 aromatic carbocycles. The SMILES string of the molecule is CCOc1cccc(CN)c1OCC1Cc2ccccc21. The number of para-hydroxylation sites is 1. The molecule has 0 spiro atoms. The quantitative estimate of drug-likeness (QED) is 0.885. The lowest BCUT2D eigenvalue weighted by molar-refractivity contribution is 0.249. The predicted octanol–water partition coefficient (Wildman–Crippen LogP) is 3.26. The maximum absolute atomic E-state index is 6.07. The third kappa shape index (κ3) is 2.74. The van der Waals surface area contributed by atoms with Gasteiger partial charge in [-0.15, -0.1) is 0 Å². The fraction of sp³-hybridized carbons (Fsp3) is 0.333. The first kappa shape index (κ1) is 14.0. The lowest BCUT2D eigenvalue weighted by Crippen LogP contribution is -2.23. The maximum Gasteiger partial charge on any atom is 0.165 e. The van der Waals surface area contributed by atoms with Crippen LogP contribution in [0.25, 0.3) is 0 Å². The fourth-order valence-electron chi connectivity index (χ4n) is 2.85. The monoisotopic (exact) mass is 283 g/mol. The second kappa shape index (κ2) is 6.19. The van der Waals surface area contributed by atoms with Gasteiger partial charge in [0.2, 0.25) is 0 Å². The molecule has 1 atom stereocenters. The molecule has 0 heterocycles. The molecule has 3 rings (SSSR count). The number of fused-ring (bicyclic) bond motifs is 1.